The van der Waals surface area contributed by atoms with Crippen LogP contribution >= 0.6 is 22.7 Å². The summed E-state index contributed by atoms with van der Waals surface area (Å²) in [6, 6.07) is 7.46. The molecular weight excluding hydrogens is 382 g/mol. The standard InChI is InChI=1S/C19H17N3O3S2/c1-11-8-15(22-17(23)12-5-6-12)27-16(11)19(24)25-9-13-10-26-18(21-13)14-4-2-3-7-20-14/h2-4,7-8,10,12H,5-6,9H2,1H3,(H,22,23). The van der Waals surface area contributed by atoms with Gasteiger partial charge in [0, 0.05) is 17.5 Å². The van der Waals surface area contributed by atoms with E-state index in [9.17, 15) is 9.59 Å². The lowest BCUT2D eigenvalue weighted by molar-refractivity contribution is -0.117. The van der Waals surface area contributed by atoms with Crippen molar-refractivity contribution in [2.24, 2.45) is 5.92 Å². The first-order valence-electron chi connectivity index (χ1n) is 8.54. The van der Waals surface area contributed by atoms with E-state index in [4.69, 9.17) is 4.74 Å². The number of carbonyl (C=O) groups is 2. The summed E-state index contributed by atoms with van der Waals surface area (Å²) in [4.78, 5) is 33.5. The quantitative estimate of drug-likeness (QED) is 0.626. The Morgan fingerprint density at radius 2 is 2.19 bits per heavy atom. The molecular formula is C19H17N3O3S2. The predicted molar refractivity (Wildman–Crippen MR) is 105 cm³/mol. The number of ether oxygens (including phenoxy) is 1. The lowest BCUT2D eigenvalue weighted by Crippen LogP contribution is -2.12. The molecule has 1 aliphatic rings. The van der Waals surface area contributed by atoms with Gasteiger partial charge in [-0.15, -0.1) is 22.7 Å². The Kier molecular flexibility index (Phi) is 5.00. The maximum Gasteiger partial charge on any atom is 0.349 e. The Morgan fingerprint density at radius 3 is 2.93 bits per heavy atom. The molecule has 0 atom stereocenters. The zero-order chi connectivity index (χ0) is 18.8. The average molecular weight is 399 g/mol. The number of rotatable bonds is 6. The van der Waals surface area contributed by atoms with Crippen LogP contribution in [0.25, 0.3) is 10.7 Å². The van der Waals surface area contributed by atoms with Crippen molar-refractivity contribution in [1.29, 1.82) is 0 Å². The predicted octanol–water partition coefficient (Wildman–Crippen LogP) is 4.28. The highest BCUT2D eigenvalue weighted by Crippen LogP contribution is 2.33. The molecule has 1 aliphatic carbocycles. The SMILES string of the molecule is Cc1cc(NC(=O)C2CC2)sc1C(=O)OCc1csc(-c2ccccn2)n1. The third kappa shape index (κ3) is 4.23. The molecule has 1 N–H and O–H groups in total. The van der Waals surface area contributed by atoms with Gasteiger partial charge in [-0.3, -0.25) is 9.78 Å². The molecule has 0 spiro atoms. The van der Waals surface area contributed by atoms with Crippen LogP contribution in [-0.2, 0) is 16.1 Å². The minimum absolute atomic E-state index is 0.0284. The molecule has 4 rings (SSSR count). The second kappa shape index (κ2) is 7.58. The van der Waals surface area contributed by atoms with E-state index in [-0.39, 0.29) is 18.4 Å². The van der Waals surface area contributed by atoms with Gasteiger partial charge >= 0.3 is 5.97 Å². The molecule has 0 aliphatic heterocycles. The third-order valence-corrected chi connectivity index (χ3v) is 6.13. The van der Waals surface area contributed by atoms with Gasteiger partial charge in [0.15, 0.2) is 0 Å². The number of aromatic nitrogens is 2. The van der Waals surface area contributed by atoms with Crippen molar-refractivity contribution in [1.82, 2.24) is 9.97 Å². The van der Waals surface area contributed by atoms with Crippen molar-refractivity contribution in [3.05, 3.63) is 52.0 Å². The van der Waals surface area contributed by atoms with Crippen LogP contribution in [0, 0.1) is 12.8 Å². The summed E-state index contributed by atoms with van der Waals surface area (Å²) in [5.74, 6) is -0.252. The van der Waals surface area contributed by atoms with Crippen LogP contribution in [0.3, 0.4) is 0 Å². The second-order valence-electron chi connectivity index (χ2n) is 6.32. The number of hydrogen-bond acceptors (Lipinski definition) is 7. The van der Waals surface area contributed by atoms with Crippen LogP contribution in [0.15, 0.2) is 35.8 Å². The van der Waals surface area contributed by atoms with Crippen molar-refractivity contribution in [3.63, 3.8) is 0 Å². The monoisotopic (exact) mass is 399 g/mol. The van der Waals surface area contributed by atoms with Crippen LogP contribution < -0.4 is 5.32 Å². The largest absolute Gasteiger partial charge is 0.455 e. The Balaban J connectivity index is 1.37. The molecule has 3 heterocycles. The molecule has 1 saturated carbocycles. The topological polar surface area (TPSA) is 81.2 Å². The molecule has 1 amide bonds. The molecule has 0 bridgehead atoms. The Morgan fingerprint density at radius 1 is 1.33 bits per heavy atom. The van der Waals surface area contributed by atoms with Crippen LogP contribution in [-0.4, -0.2) is 21.8 Å². The maximum atomic E-state index is 12.4. The van der Waals surface area contributed by atoms with E-state index in [1.165, 1.54) is 22.7 Å². The van der Waals surface area contributed by atoms with Gasteiger partial charge < -0.3 is 10.1 Å². The summed E-state index contributed by atoms with van der Waals surface area (Å²) in [7, 11) is 0. The highest BCUT2D eigenvalue weighted by atomic mass is 32.1. The highest BCUT2D eigenvalue weighted by molar-refractivity contribution is 7.18. The summed E-state index contributed by atoms with van der Waals surface area (Å²) in [6.07, 6.45) is 3.61. The fraction of sp³-hybridized carbons (Fsp3) is 0.263. The fourth-order valence-electron chi connectivity index (χ4n) is 2.50. The normalized spacial score (nSPS) is 13.4. The van der Waals surface area contributed by atoms with Crippen molar-refractivity contribution in [2.45, 2.75) is 26.4 Å². The van der Waals surface area contributed by atoms with Crippen molar-refractivity contribution in [3.8, 4) is 10.7 Å². The molecule has 6 nitrogen and oxygen atoms in total. The van der Waals surface area contributed by atoms with Crippen molar-refractivity contribution in [2.75, 3.05) is 5.32 Å². The average Bonchev–Trinajstić information content (AvgIpc) is 3.32. The first-order chi connectivity index (χ1) is 13.1. The molecule has 0 saturated heterocycles. The van der Waals surface area contributed by atoms with Gasteiger partial charge in [-0.25, -0.2) is 9.78 Å². The number of esters is 1. The van der Waals surface area contributed by atoms with Gasteiger partial charge in [-0.1, -0.05) is 6.07 Å². The molecule has 138 valence electrons. The number of anilines is 1. The van der Waals surface area contributed by atoms with Gasteiger partial charge in [0.05, 0.1) is 16.4 Å². The number of carbonyl (C=O) groups excluding carboxylic acids is 2. The van der Waals surface area contributed by atoms with Crippen molar-refractivity contribution < 1.29 is 14.3 Å². The lowest BCUT2D eigenvalue weighted by atomic mass is 10.3. The van der Waals surface area contributed by atoms with E-state index in [0.717, 1.165) is 29.1 Å². The minimum Gasteiger partial charge on any atom is -0.455 e. The van der Waals surface area contributed by atoms with E-state index >= 15 is 0 Å². The van der Waals surface area contributed by atoms with Crippen LogP contribution in [0.4, 0.5) is 5.00 Å². The molecule has 0 radical (unpaired) electrons. The van der Waals surface area contributed by atoms with Crippen LogP contribution in [0.2, 0.25) is 0 Å². The molecule has 3 aromatic heterocycles. The number of pyridine rings is 1. The number of thiophene rings is 1. The fourth-order valence-corrected chi connectivity index (χ4v) is 4.25. The van der Waals surface area contributed by atoms with Gasteiger partial charge in [-0.05, 0) is 43.5 Å². The maximum absolute atomic E-state index is 12.4. The highest BCUT2D eigenvalue weighted by Gasteiger charge is 2.30. The van der Waals surface area contributed by atoms with E-state index in [2.05, 4.69) is 15.3 Å². The number of aryl methyl sites for hydroxylation is 1. The Hall–Kier alpha value is -2.58. The lowest BCUT2D eigenvalue weighted by Gasteiger charge is -2.02. The molecule has 27 heavy (non-hydrogen) atoms. The second-order valence-corrected chi connectivity index (χ2v) is 8.23. The van der Waals surface area contributed by atoms with Gasteiger partial charge in [0.2, 0.25) is 5.91 Å². The van der Waals surface area contributed by atoms with E-state index in [1.807, 2.05) is 36.6 Å². The number of nitrogens with one attached hydrogen (secondary N) is 1. The number of thiazole rings is 1. The summed E-state index contributed by atoms with van der Waals surface area (Å²) in [6.45, 7) is 1.94. The first-order valence-corrected chi connectivity index (χ1v) is 10.2. The first kappa shape index (κ1) is 17.8. The Labute approximate surface area is 164 Å². The summed E-state index contributed by atoms with van der Waals surface area (Å²) >= 11 is 2.71. The third-order valence-electron chi connectivity index (χ3n) is 4.08. The Bertz CT molecular complexity index is 977. The minimum atomic E-state index is -0.406. The van der Waals surface area contributed by atoms with Crippen molar-refractivity contribution >= 4 is 39.6 Å². The number of amides is 1. The van der Waals surface area contributed by atoms with Crippen LogP contribution in [0.1, 0.15) is 33.8 Å². The number of nitrogens with zero attached hydrogens (tertiary/aromatic N) is 2. The molecule has 0 unspecified atom stereocenters. The summed E-state index contributed by atoms with van der Waals surface area (Å²) in [5, 5.41) is 6.20. The zero-order valence-electron chi connectivity index (χ0n) is 14.6. The van der Waals surface area contributed by atoms with E-state index < -0.39 is 5.97 Å². The molecule has 0 aromatic carbocycles. The van der Waals surface area contributed by atoms with Crippen LogP contribution in [0.5, 0.6) is 0 Å². The van der Waals surface area contributed by atoms with E-state index in [1.54, 1.807) is 6.20 Å². The smallest absolute Gasteiger partial charge is 0.349 e. The molecule has 1 fully saturated rings. The summed E-state index contributed by atoms with van der Waals surface area (Å²) in [5.41, 5.74) is 2.28. The number of hydrogen-bond donors (Lipinski definition) is 1. The zero-order valence-corrected chi connectivity index (χ0v) is 16.2. The van der Waals surface area contributed by atoms with E-state index in [0.29, 0.717) is 15.6 Å². The van der Waals surface area contributed by atoms with Gasteiger partial charge in [0.1, 0.15) is 16.5 Å². The summed E-state index contributed by atoms with van der Waals surface area (Å²) < 4.78 is 5.40. The molecule has 3 aromatic rings. The van der Waals surface area contributed by atoms with Gasteiger partial charge in [0.25, 0.3) is 0 Å². The molecule has 8 heteroatoms. The van der Waals surface area contributed by atoms with Gasteiger partial charge in [-0.2, -0.15) is 0 Å².